The molecule has 0 radical (unpaired) electrons. The van der Waals surface area contributed by atoms with Crippen LogP contribution in [0, 0.1) is 5.92 Å². The van der Waals surface area contributed by atoms with Crippen LogP contribution in [0.4, 0.5) is 17.6 Å². The van der Waals surface area contributed by atoms with E-state index in [-0.39, 0.29) is 12.3 Å². The molecule has 0 N–H and O–H groups in total. The first-order valence-electron chi connectivity index (χ1n) is 4.64. The van der Waals surface area contributed by atoms with Crippen molar-refractivity contribution in [2.75, 3.05) is 0 Å². The predicted octanol–water partition coefficient (Wildman–Crippen LogP) is 3.69. The van der Waals surface area contributed by atoms with Crippen LogP contribution in [0.1, 0.15) is 33.6 Å². The molecule has 86 valence electrons. The number of hydrogen-bond acceptors (Lipinski definition) is 1. The highest BCUT2D eigenvalue weighted by Gasteiger charge is 2.35. The third-order valence-corrected chi connectivity index (χ3v) is 2.15. The molecular weight excluding hydrogens is 200 g/mol. The highest BCUT2D eigenvalue weighted by molar-refractivity contribution is 4.68. The molecule has 0 fully saturated rings. The Morgan fingerprint density at radius 2 is 1.71 bits per heavy atom. The second-order valence-electron chi connectivity index (χ2n) is 3.53. The SMILES string of the molecule is CCC(C)CC(F)C(C)OC(F)(F)F. The van der Waals surface area contributed by atoms with Crippen molar-refractivity contribution in [1.82, 2.24) is 0 Å². The maximum Gasteiger partial charge on any atom is 0.522 e. The van der Waals surface area contributed by atoms with Gasteiger partial charge in [-0.25, -0.2) is 4.39 Å². The molecule has 0 rings (SSSR count). The lowest BCUT2D eigenvalue weighted by Gasteiger charge is -2.20. The number of ether oxygens (including phenoxy) is 1. The van der Waals surface area contributed by atoms with Crippen molar-refractivity contribution in [3.8, 4) is 0 Å². The van der Waals surface area contributed by atoms with Crippen molar-refractivity contribution in [3.05, 3.63) is 0 Å². The van der Waals surface area contributed by atoms with E-state index in [4.69, 9.17) is 0 Å². The van der Waals surface area contributed by atoms with E-state index >= 15 is 0 Å². The molecule has 0 amide bonds. The summed E-state index contributed by atoms with van der Waals surface area (Å²) >= 11 is 0. The largest absolute Gasteiger partial charge is 0.522 e. The van der Waals surface area contributed by atoms with Gasteiger partial charge in [0.1, 0.15) is 6.17 Å². The summed E-state index contributed by atoms with van der Waals surface area (Å²) in [6.45, 7) is 4.76. The monoisotopic (exact) mass is 216 g/mol. The summed E-state index contributed by atoms with van der Waals surface area (Å²) < 4.78 is 51.8. The maximum atomic E-state index is 13.1. The first-order valence-corrected chi connectivity index (χ1v) is 4.64. The topological polar surface area (TPSA) is 9.23 Å². The van der Waals surface area contributed by atoms with E-state index in [1.165, 1.54) is 0 Å². The van der Waals surface area contributed by atoms with Crippen LogP contribution in [0.2, 0.25) is 0 Å². The summed E-state index contributed by atoms with van der Waals surface area (Å²) in [7, 11) is 0. The van der Waals surface area contributed by atoms with Crippen LogP contribution in [0.3, 0.4) is 0 Å². The Balaban J connectivity index is 3.93. The van der Waals surface area contributed by atoms with Gasteiger partial charge in [0.2, 0.25) is 0 Å². The Hall–Kier alpha value is -0.320. The molecule has 3 atom stereocenters. The van der Waals surface area contributed by atoms with Crippen molar-refractivity contribution in [2.24, 2.45) is 5.92 Å². The minimum Gasteiger partial charge on any atom is -0.286 e. The fourth-order valence-corrected chi connectivity index (χ4v) is 1.03. The van der Waals surface area contributed by atoms with Crippen LogP contribution in [-0.2, 0) is 4.74 Å². The van der Waals surface area contributed by atoms with Gasteiger partial charge < -0.3 is 0 Å². The molecule has 0 saturated carbocycles. The van der Waals surface area contributed by atoms with Crippen molar-refractivity contribution < 1.29 is 22.3 Å². The van der Waals surface area contributed by atoms with Gasteiger partial charge >= 0.3 is 6.36 Å². The van der Waals surface area contributed by atoms with Crippen LogP contribution in [0.5, 0.6) is 0 Å². The lowest BCUT2D eigenvalue weighted by molar-refractivity contribution is -0.346. The molecular formula is C9H16F4O. The first-order chi connectivity index (χ1) is 6.26. The van der Waals surface area contributed by atoms with E-state index in [0.717, 1.165) is 13.3 Å². The highest BCUT2D eigenvalue weighted by Crippen LogP contribution is 2.24. The molecule has 5 heteroatoms. The van der Waals surface area contributed by atoms with Gasteiger partial charge in [-0.3, -0.25) is 4.74 Å². The zero-order valence-electron chi connectivity index (χ0n) is 8.57. The number of hydrogen-bond donors (Lipinski definition) is 0. The summed E-state index contributed by atoms with van der Waals surface area (Å²) in [4.78, 5) is 0. The quantitative estimate of drug-likeness (QED) is 0.637. The third kappa shape index (κ3) is 6.18. The van der Waals surface area contributed by atoms with Crippen LogP contribution in [0.15, 0.2) is 0 Å². The van der Waals surface area contributed by atoms with Crippen LogP contribution >= 0.6 is 0 Å². The fraction of sp³-hybridized carbons (Fsp3) is 1.00. The van der Waals surface area contributed by atoms with Crippen molar-refractivity contribution in [1.29, 1.82) is 0 Å². The molecule has 3 unspecified atom stereocenters. The number of alkyl halides is 4. The van der Waals surface area contributed by atoms with E-state index in [1.54, 1.807) is 6.92 Å². The molecule has 0 bridgehead atoms. The van der Waals surface area contributed by atoms with Gasteiger partial charge in [-0.15, -0.1) is 13.2 Å². The highest BCUT2D eigenvalue weighted by atomic mass is 19.4. The van der Waals surface area contributed by atoms with Gasteiger partial charge in [0.25, 0.3) is 0 Å². The van der Waals surface area contributed by atoms with Crippen LogP contribution in [0.25, 0.3) is 0 Å². The Bertz CT molecular complexity index is 157. The zero-order chi connectivity index (χ0) is 11.4. The van der Waals surface area contributed by atoms with Crippen molar-refractivity contribution >= 4 is 0 Å². The van der Waals surface area contributed by atoms with E-state index < -0.39 is 18.6 Å². The molecule has 0 spiro atoms. The lowest BCUT2D eigenvalue weighted by Crippen LogP contribution is -2.30. The number of rotatable bonds is 5. The summed E-state index contributed by atoms with van der Waals surface area (Å²) in [6, 6.07) is 0. The second kappa shape index (κ2) is 5.53. The molecule has 0 heterocycles. The lowest BCUT2D eigenvalue weighted by atomic mass is 9.99. The van der Waals surface area contributed by atoms with Gasteiger partial charge in [0, 0.05) is 0 Å². The molecule has 0 aliphatic heterocycles. The smallest absolute Gasteiger partial charge is 0.286 e. The molecule has 0 aliphatic rings. The molecule has 0 aromatic carbocycles. The Morgan fingerprint density at radius 1 is 1.21 bits per heavy atom. The Labute approximate surface area is 81.4 Å². The van der Waals surface area contributed by atoms with E-state index in [2.05, 4.69) is 4.74 Å². The Morgan fingerprint density at radius 3 is 2.07 bits per heavy atom. The van der Waals surface area contributed by atoms with E-state index in [9.17, 15) is 17.6 Å². The summed E-state index contributed by atoms with van der Waals surface area (Å²) in [5, 5.41) is 0. The van der Waals surface area contributed by atoms with Gasteiger partial charge in [-0.1, -0.05) is 20.3 Å². The number of halogens is 4. The molecule has 0 aromatic rings. The molecule has 0 saturated heterocycles. The van der Waals surface area contributed by atoms with E-state index in [1.807, 2.05) is 6.92 Å². The second-order valence-corrected chi connectivity index (χ2v) is 3.53. The van der Waals surface area contributed by atoms with Gasteiger partial charge in [0.05, 0.1) is 6.10 Å². The molecule has 14 heavy (non-hydrogen) atoms. The standard InChI is InChI=1S/C9H16F4O/c1-4-6(2)5-8(10)7(3)14-9(11,12)13/h6-8H,4-5H2,1-3H3. The molecule has 0 aromatic heterocycles. The van der Waals surface area contributed by atoms with Gasteiger partial charge in [-0.2, -0.15) is 0 Å². The summed E-state index contributed by atoms with van der Waals surface area (Å²) in [5.41, 5.74) is 0. The van der Waals surface area contributed by atoms with Gasteiger partial charge in [0.15, 0.2) is 0 Å². The summed E-state index contributed by atoms with van der Waals surface area (Å²) in [6.07, 6.45) is -6.89. The first kappa shape index (κ1) is 13.7. The molecule has 1 nitrogen and oxygen atoms in total. The third-order valence-electron chi connectivity index (χ3n) is 2.15. The molecule has 0 aliphatic carbocycles. The van der Waals surface area contributed by atoms with Crippen LogP contribution in [-0.4, -0.2) is 18.6 Å². The Kier molecular flexibility index (Phi) is 5.41. The average molecular weight is 216 g/mol. The normalized spacial score (nSPS) is 19.1. The average Bonchev–Trinajstić information content (AvgIpc) is 2.00. The van der Waals surface area contributed by atoms with Gasteiger partial charge in [-0.05, 0) is 19.3 Å². The summed E-state index contributed by atoms with van der Waals surface area (Å²) in [5.74, 6) is 0.0734. The minimum absolute atomic E-state index is 0.0734. The van der Waals surface area contributed by atoms with Crippen LogP contribution < -0.4 is 0 Å². The minimum atomic E-state index is -4.75. The maximum absolute atomic E-state index is 13.1. The zero-order valence-corrected chi connectivity index (χ0v) is 8.57. The van der Waals surface area contributed by atoms with Crippen molar-refractivity contribution in [3.63, 3.8) is 0 Å². The fourth-order valence-electron chi connectivity index (χ4n) is 1.03. The van der Waals surface area contributed by atoms with Crippen molar-refractivity contribution in [2.45, 2.75) is 52.3 Å². The van der Waals surface area contributed by atoms with E-state index in [0.29, 0.717) is 0 Å². The predicted molar refractivity (Wildman–Crippen MR) is 45.6 cm³/mol.